The molecule has 1 aliphatic rings. The van der Waals surface area contributed by atoms with Crippen LogP contribution in [0.5, 0.6) is 0 Å². The average Bonchev–Trinajstić information content (AvgIpc) is 2.32. The molecule has 4 nitrogen and oxygen atoms in total. The molecule has 1 aliphatic heterocycles. The van der Waals surface area contributed by atoms with E-state index in [0.29, 0.717) is 0 Å². The summed E-state index contributed by atoms with van der Waals surface area (Å²) in [4.78, 5) is 0. The molecule has 0 radical (unpaired) electrons. The maximum atomic E-state index is 5.78. The molecule has 0 bridgehead atoms. The van der Waals surface area contributed by atoms with Crippen molar-refractivity contribution in [2.45, 2.75) is 32.4 Å². The summed E-state index contributed by atoms with van der Waals surface area (Å²) in [6.07, 6.45) is 1.92. The highest BCUT2D eigenvalue weighted by molar-refractivity contribution is 4.99. The lowest BCUT2D eigenvalue weighted by Gasteiger charge is -2.19. The van der Waals surface area contributed by atoms with Crippen LogP contribution in [0, 0.1) is 6.92 Å². The van der Waals surface area contributed by atoms with Crippen molar-refractivity contribution in [2.24, 2.45) is 5.73 Å². The van der Waals surface area contributed by atoms with Crippen LogP contribution in [-0.4, -0.2) is 20.8 Å². The van der Waals surface area contributed by atoms with E-state index in [1.54, 1.807) is 0 Å². The predicted octanol–water partition coefficient (Wildman–Crippen LogP) is -0.140. The lowest BCUT2D eigenvalue weighted by Crippen LogP contribution is -2.31. The molecule has 0 aliphatic carbocycles. The Kier molecular flexibility index (Phi) is 1.42. The molecule has 11 heavy (non-hydrogen) atoms. The molecule has 0 saturated heterocycles. The molecule has 1 atom stereocenters. The minimum atomic E-state index is 0.283. The van der Waals surface area contributed by atoms with Gasteiger partial charge in [-0.2, -0.15) is 0 Å². The van der Waals surface area contributed by atoms with Gasteiger partial charge in [0.1, 0.15) is 11.6 Å². The van der Waals surface area contributed by atoms with Gasteiger partial charge in [0, 0.05) is 19.0 Å². The van der Waals surface area contributed by atoms with Gasteiger partial charge in [0.15, 0.2) is 0 Å². The van der Waals surface area contributed by atoms with Crippen molar-refractivity contribution in [2.75, 3.05) is 0 Å². The molecule has 2 N–H and O–H groups in total. The lowest BCUT2D eigenvalue weighted by atomic mass is 10.1. The minimum absolute atomic E-state index is 0.283. The van der Waals surface area contributed by atoms with Gasteiger partial charge in [-0.1, -0.05) is 0 Å². The highest BCUT2D eigenvalue weighted by Gasteiger charge is 2.17. The zero-order chi connectivity index (χ0) is 7.84. The van der Waals surface area contributed by atoms with E-state index in [1.807, 2.05) is 6.92 Å². The molecule has 1 unspecified atom stereocenters. The van der Waals surface area contributed by atoms with E-state index in [0.717, 1.165) is 31.0 Å². The van der Waals surface area contributed by atoms with Crippen molar-refractivity contribution in [1.29, 1.82) is 0 Å². The monoisotopic (exact) mass is 152 g/mol. The molecule has 0 spiro atoms. The van der Waals surface area contributed by atoms with Crippen molar-refractivity contribution in [3.05, 3.63) is 11.6 Å². The zero-order valence-corrected chi connectivity index (χ0v) is 6.62. The SMILES string of the molecule is Cc1nnc2n1CCC(N)C2. The van der Waals surface area contributed by atoms with Gasteiger partial charge >= 0.3 is 0 Å². The van der Waals surface area contributed by atoms with Gasteiger partial charge in [-0.05, 0) is 13.3 Å². The Morgan fingerprint density at radius 2 is 2.36 bits per heavy atom. The maximum absolute atomic E-state index is 5.78. The minimum Gasteiger partial charge on any atom is -0.327 e. The summed E-state index contributed by atoms with van der Waals surface area (Å²) >= 11 is 0. The standard InChI is InChI=1S/C7H12N4/c1-5-9-10-7-4-6(8)2-3-11(5)7/h6H,2-4,8H2,1H3. The number of fused-ring (bicyclic) bond motifs is 1. The van der Waals surface area contributed by atoms with Crippen molar-refractivity contribution in [3.8, 4) is 0 Å². The second-order valence-electron chi connectivity index (χ2n) is 3.07. The quantitative estimate of drug-likeness (QED) is 0.563. The van der Waals surface area contributed by atoms with Gasteiger partial charge in [0.25, 0.3) is 0 Å². The van der Waals surface area contributed by atoms with Crippen LogP contribution in [0.25, 0.3) is 0 Å². The number of hydrogen-bond donors (Lipinski definition) is 1. The van der Waals surface area contributed by atoms with Gasteiger partial charge in [-0.25, -0.2) is 0 Å². The first-order valence-corrected chi connectivity index (χ1v) is 3.91. The predicted molar refractivity (Wildman–Crippen MR) is 41.1 cm³/mol. The molecular formula is C7H12N4. The van der Waals surface area contributed by atoms with Crippen LogP contribution in [0.15, 0.2) is 0 Å². The summed E-state index contributed by atoms with van der Waals surface area (Å²) in [5.74, 6) is 2.05. The summed E-state index contributed by atoms with van der Waals surface area (Å²) in [6, 6.07) is 0.283. The summed E-state index contributed by atoms with van der Waals surface area (Å²) < 4.78 is 2.14. The second kappa shape index (κ2) is 2.30. The van der Waals surface area contributed by atoms with Gasteiger partial charge in [-0.3, -0.25) is 0 Å². The first kappa shape index (κ1) is 6.79. The molecule has 2 heterocycles. The van der Waals surface area contributed by atoms with E-state index in [1.165, 1.54) is 0 Å². The maximum Gasteiger partial charge on any atom is 0.134 e. The summed E-state index contributed by atoms with van der Waals surface area (Å²) in [7, 11) is 0. The number of nitrogens with zero attached hydrogens (tertiary/aromatic N) is 3. The molecule has 0 aromatic carbocycles. The fraction of sp³-hybridized carbons (Fsp3) is 0.714. The highest BCUT2D eigenvalue weighted by atomic mass is 15.3. The first-order chi connectivity index (χ1) is 5.27. The molecule has 1 aromatic rings. The summed E-state index contributed by atoms with van der Waals surface area (Å²) in [5, 5.41) is 8.03. The Bertz CT molecular complexity index is 265. The van der Waals surface area contributed by atoms with E-state index in [-0.39, 0.29) is 6.04 Å². The third-order valence-electron chi connectivity index (χ3n) is 2.18. The van der Waals surface area contributed by atoms with E-state index in [9.17, 15) is 0 Å². The molecule has 4 heteroatoms. The van der Waals surface area contributed by atoms with Crippen molar-refractivity contribution >= 4 is 0 Å². The topological polar surface area (TPSA) is 56.7 Å². The Morgan fingerprint density at radius 3 is 3.18 bits per heavy atom. The fourth-order valence-electron chi connectivity index (χ4n) is 1.50. The van der Waals surface area contributed by atoms with Crippen LogP contribution in [0.4, 0.5) is 0 Å². The Balaban J connectivity index is 2.36. The Hall–Kier alpha value is -0.900. The Morgan fingerprint density at radius 1 is 1.55 bits per heavy atom. The van der Waals surface area contributed by atoms with Crippen molar-refractivity contribution < 1.29 is 0 Å². The normalized spacial score (nSPS) is 23.3. The molecule has 1 aromatic heterocycles. The van der Waals surface area contributed by atoms with Crippen LogP contribution in [0.2, 0.25) is 0 Å². The molecule has 0 saturated carbocycles. The van der Waals surface area contributed by atoms with Gasteiger partial charge in [-0.15, -0.1) is 10.2 Å². The number of aryl methyl sites for hydroxylation is 1. The smallest absolute Gasteiger partial charge is 0.134 e. The average molecular weight is 152 g/mol. The van der Waals surface area contributed by atoms with Gasteiger partial charge < -0.3 is 10.3 Å². The number of hydrogen-bond acceptors (Lipinski definition) is 3. The first-order valence-electron chi connectivity index (χ1n) is 3.91. The highest BCUT2D eigenvalue weighted by Crippen LogP contribution is 2.12. The van der Waals surface area contributed by atoms with E-state index in [2.05, 4.69) is 14.8 Å². The molecule has 0 fully saturated rings. The number of aromatic nitrogens is 3. The summed E-state index contributed by atoms with van der Waals surface area (Å²) in [6.45, 7) is 2.96. The van der Waals surface area contributed by atoms with Crippen LogP contribution in [-0.2, 0) is 13.0 Å². The van der Waals surface area contributed by atoms with E-state index in [4.69, 9.17) is 5.73 Å². The van der Waals surface area contributed by atoms with E-state index >= 15 is 0 Å². The molecule has 60 valence electrons. The largest absolute Gasteiger partial charge is 0.327 e. The number of nitrogens with two attached hydrogens (primary N) is 1. The zero-order valence-electron chi connectivity index (χ0n) is 6.62. The van der Waals surface area contributed by atoms with Crippen LogP contribution >= 0.6 is 0 Å². The van der Waals surface area contributed by atoms with Crippen molar-refractivity contribution in [3.63, 3.8) is 0 Å². The lowest BCUT2D eigenvalue weighted by molar-refractivity contribution is 0.458. The van der Waals surface area contributed by atoms with Gasteiger partial charge in [0.05, 0.1) is 0 Å². The molecule has 0 amide bonds. The van der Waals surface area contributed by atoms with Crippen molar-refractivity contribution in [1.82, 2.24) is 14.8 Å². The second-order valence-corrected chi connectivity index (χ2v) is 3.07. The van der Waals surface area contributed by atoms with E-state index < -0.39 is 0 Å². The number of rotatable bonds is 0. The van der Waals surface area contributed by atoms with Crippen LogP contribution < -0.4 is 5.73 Å². The third-order valence-corrected chi connectivity index (χ3v) is 2.18. The Labute approximate surface area is 65.4 Å². The van der Waals surface area contributed by atoms with Crippen LogP contribution in [0.3, 0.4) is 0 Å². The third kappa shape index (κ3) is 1.03. The summed E-state index contributed by atoms with van der Waals surface area (Å²) in [5.41, 5.74) is 5.78. The molecular weight excluding hydrogens is 140 g/mol. The van der Waals surface area contributed by atoms with Gasteiger partial charge in [0.2, 0.25) is 0 Å². The van der Waals surface area contributed by atoms with Crippen LogP contribution in [0.1, 0.15) is 18.1 Å². The fourth-order valence-corrected chi connectivity index (χ4v) is 1.50. The molecule has 2 rings (SSSR count).